The van der Waals surface area contributed by atoms with Crippen LogP contribution in [0.1, 0.15) is 18.4 Å². The topological polar surface area (TPSA) is 85.2 Å². The maximum Gasteiger partial charge on any atom is 0.331 e. The van der Waals surface area contributed by atoms with E-state index >= 15 is 0 Å². The number of nitrogens with zero attached hydrogens (tertiary/aromatic N) is 5. The predicted molar refractivity (Wildman–Crippen MR) is 123 cm³/mol. The molecule has 2 heterocycles. The summed E-state index contributed by atoms with van der Waals surface area (Å²) in [7, 11) is 0. The third kappa shape index (κ3) is 4.35. The van der Waals surface area contributed by atoms with E-state index in [4.69, 9.17) is 5.26 Å². The first-order chi connectivity index (χ1) is 14.5. The lowest BCUT2D eigenvalue weighted by Gasteiger charge is -2.36. The predicted octanol–water partition coefficient (Wildman–Crippen LogP) is 4.61. The molecule has 0 saturated carbocycles. The molecule has 1 N–H and O–H groups in total. The van der Waals surface area contributed by atoms with Gasteiger partial charge in [-0.3, -0.25) is 4.31 Å². The molecule has 7 nitrogen and oxygen atoms in total. The second kappa shape index (κ2) is 8.90. The number of fused-ring (bicyclic) bond motifs is 1. The number of aromatic nitrogens is 2. The quantitative estimate of drug-likeness (QED) is 0.532. The zero-order valence-electron chi connectivity index (χ0n) is 16.0. The molecular formula is C21H19BrN6OS. The zero-order valence-corrected chi connectivity index (χ0v) is 18.5. The number of carbonyl (C=O) groups excluding carboxylic acids is 1. The highest BCUT2D eigenvalue weighted by Crippen LogP contribution is 2.29. The third-order valence-electron chi connectivity index (χ3n) is 5.19. The summed E-state index contributed by atoms with van der Waals surface area (Å²) in [5, 5.41) is 22.3. The number of carbonyl (C=O) groups is 1. The van der Waals surface area contributed by atoms with E-state index < -0.39 is 0 Å². The fourth-order valence-electron chi connectivity index (χ4n) is 3.57. The number of hydrogen-bond donors (Lipinski definition) is 2. The van der Waals surface area contributed by atoms with Crippen molar-refractivity contribution in [1.82, 2.24) is 14.5 Å². The summed E-state index contributed by atoms with van der Waals surface area (Å²) in [6.45, 7) is 1.52. The van der Waals surface area contributed by atoms with Crippen LogP contribution in [0.2, 0.25) is 0 Å². The molecule has 0 bridgehead atoms. The molecule has 0 radical (unpaired) electrons. The smallest absolute Gasteiger partial charge is 0.331 e. The van der Waals surface area contributed by atoms with Gasteiger partial charge in [-0.05, 0) is 55.3 Å². The second-order valence-corrected chi connectivity index (χ2v) is 8.43. The largest absolute Gasteiger partial charge is 0.354 e. The van der Waals surface area contributed by atoms with Crippen molar-refractivity contribution in [3.05, 3.63) is 58.7 Å². The Bertz CT molecular complexity index is 1110. The van der Waals surface area contributed by atoms with Crippen LogP contribution in [0.4, 0.5) is 16.3 Å². The van der Waals surface area contributed by atoms with E-state index in [1.54, 1.807) is 30.5 Å². The Kier molecular flexibility index (Phi) is 6.06. The summed E-state index contributed by atoms with van der Waals surface area (Å²) < 4.78 is 2.47. The number of halogens is 1. The average Bonchev–Trinajstić information content (AvgIpc) is 2.78. The molecular weight excluding hydrogens is 464 g/mol. The second-order valence-electron chi connectivity index (χ2n) is 7.08. The van der Waals surface area contributed by atoms with E-state index in [0.717, 1.165) is 47.0 Å². The first-order valence-electron chi connectivity index (χ1n) is 9.50. The Morgan fingerprint density at radius 2 is 1.97 bits per heavy atom. The Labute approximate surface area is 188 Å². The summed E-state index contributed by atoms with van der Waals surface area (Å²) in [5.41, 5.74) is 1.18. The molecule has 2 aromatic carbocycles. The molecule has 1 aliphatic heterocycles. The normalized spacial score (nSPS) is 14.4. The summed E-state index contributed by atoms with van der Waals surface area (Å²) >= 11 is 7.93. The van der Waals surface area contributed by atoms with Crippen LogP contribution in [-0.4, -0.2) is 39.7 Å². The van der Waals surface area contributed by atoms with Crippen LogP contribution < -0.4 is 10.2 Å². The summed E-state index contributed by atoms with van der Waals surface area (Å²) in [6, 6.07) is 14.6. The lowest BCUT2D eigenvalue weighted by molar-refractivity contribution is 0.223. The molecule has 2 amide bonds. The minimum Gasteiger partial charge on any atom is -0.354 e. The number of piperidine rings is 1. The van der Waals surface area contributed by atoms with Crippen LogP contribution in [-0.2, 0) is 0 Å². The number of amides is 2. The first-order valence-corrected chi connectivity index (χ1v) is 10.7. The summed E-state index contributed by atoms with van der Waals surface area (Å²) in [4.78, 5) is 14.8. The van der Waals surface area contributed by atoms with Gasteiger partial charge in [-0.1, -0.05) is 28.7 Å². The SMILES string of the molecule is N#Cc1ccc(NC(=O)N(S)C2CCN(c3nncc4cc(Br)ccc34)CC2)cc1. The van der Waals surface area contributed by atoms with Crippen LogP contribution in [0.15, 0.2) is 53.1 Å². The van der Waals surface area contributed by atoms with Crippen molar-refractivity contribution in [2.75, 3.05) is 23.3 Å². The minimum absolute atomic E-state index is 0.0139. The monoisotopic (exact) mass is 482 g/mol. The molecule has 0 aliphatic carbocycles. The van der Waals surface area contributed by atoms with Gasteiger partial charge in [0.25, 0.3) is 0 Å². The van der Waals surface area contributed by atoms with Crippen LogP contribution in [0.5, 0.6) is 0 Å². The number of nitriles is 1. The standard InChI is InChI=1S/C21H19BrN6OS/c22-16-3-6-19-15(11-16)13-24-26-20(19)27-9-7-18(8-10-27)28(30)21(29)25-17-4-1-14(12-23)2-5-17/h1-6,11,13,18,30H,7-10H2,(H,25,29). The van der Waals surface area contributed by atoms with Gasteiger partial charge in [0.15, 0.2) is 5.82 Å². The van der Waals surface area contributed by atoms with Crippen molar-refractivity contribution in [2.45, 2.75) is 18.9 Å². The van der Waals surface area contributed by atoms with Crippen molar-refractivity contribution in [1.29, 1.82) is 5.26 Å². The number of urea groups is 1. The Balaban J connectivity index is 1.39. The van der Waals surface area contributed by atoms with Gasteiger partial charge < -0.3 is 10.2 Å². The maximum atomic E-state index is 12.6. The van der Waals surface area contributed by atoms with Gasteiger partial charge in [0.05, 0.1) is 17.8 Å². The van der Waals surface area contributed by atoms with Crippen LogP contribution in [0.3, 0.4) is 0 Å². The van der Waals surface area contributed by atoms with Gasteiger partial charge >= 0.3 is 6.03 Å². The average molecular weight is 483 g/mol. The van der Waals surface area contributed by atoms with E-state index in [2.05, 4.69) is 55.2 Å². The van der Waals surface area contributed by atoms with E-state index in [1.165, 1.54) is 4.31 Å². The molecule has 0 spiro atoms. The Hall–Kier alpha value is -2.83. The highest BCUT2D eigenvalue weighted by atomic mass is 79.9. The van der Waals surface area contributed by atoms with E-state index in [0.29, 0.717) is 11.3 Å². The molecule has 1 fully saturated rings. The first kappa shape index (κ1) is 20.4. The van der Waals surface area contributed by atoms with Crippen LogP contribution in [0.25, 0.3) is 10.8 Å². The number of hydrogen-bond acceptors (Lipinski definition) is 6. The zero-order chi connectivity index (χ0) is 21.1. The molecule has 30 heavy (non-hydrogen) atoms. The third-order valence-corrected chi connectivity index (χ3v) is 6.19. The molecule has 0 unspecified atom stereocenters. The van der Waals surface area contributed by atoms with Crippen molar-refractivity contribution >= 4 is 57.1 Å². The van der Waals surface area contributed by atoms with Crippen molar-refractivity contribution in [3.63, 3.8) is 0 Å². The number of benzene rings is 2. The number of nitrogens with one attached hydrogen (secondary N) is 1. The number of anilines is 2. The molecule has 1 aromatic heterocycles. The molecule has 1 aliphatic rings. The van der Waals surface area contributed by atoms with Gasteiger partial charge in [-0.25, -0.2) is 4.79 Å². The lowest BCUT2D eigenvalue weighted by atomic mass is 10.0. The van der Waals surface area contributed by atoms with E-state index in [9.17, 15) is 4.79 Å². The van der Waals surface area contributed by atoms with E-state index in [-0.39, 0.29) is 12.1 Å². The van der Waals surface area contributed by atoms with Crippen molar-refractivity contribution in [3.8, 4) is 6.07 Å². The van der Waals surface area contributed by atoms with Crippen molar-refractivity contribution < 1.29 is 4.79 Å². The molecule has 1 saturated heterocycles. The fraction of sp³-hybridized carbons (Fsp3) is 0.238. The molecule has 152 valence electrons. The van der Waals surface area contributed by atoms with Gasteiger partial charge in [0.2, 0.25) is 0 Å². The Morgan fingerprint density at radius 3 is 2.67 bits per heavy atom. The molecule has 4 rings (SSSR count). The highest BCUT2D eigenvalue weighted by molar-refractivity contribution is 9.10. The summed E-state index contributed by atoms with van der Waals surface area (Å²) in [6.07, 6.45) is 3.32. The molecule has 3 aromatic rings. The van der Waals surface area contributed by atoms with E-state index in [1.807, 2.05) is 18.2 Å². The van der Waals surface area contributed by atoms with Gasteiger partial charge in [-0.2, -0.15) is 10.4 Å². The minimum atomic E-state index is -0.281. The Morgan fingerprint density at radius 1 is 1.23 bits per heavy atom. The highest BCUT2D eigenvalue weighted by Gasteiger charge is 2.27. The van der Waals surface area contributed by atoms with Gasteiger partial charge in [-0.15, -0.1) is 5.10 Å². The fourth-order valence-corrected chi connectivity index (χ4v) is 4.23. The molecule has 9 heteroatoms. The lowest BCUT2D eigenvalue weighted by Crippen LogP contribution is -2.45. The molecule has 0 atom stereocenters. The van der Waals surface area contributed by atoms with Gasteiger partial charge in [0, 0.05) is 40.1 Å². The number of thiol groups is 1. The maximum absolute atomic E-state index is 12.6. The summed E-state index contributed by atoms with van der Waals surface area (Å²) in [5.74, 6) is 0.867. The van der Waals surface area contributed by atoms with Gasteiger partial charge in [0.1, 0.15) is 0 Å². The van der Waals surface area contributed by atoms with Crippen LogP contribution in [0, 0.1) is 11.3 Å². The van der Waals surface area contributed by atoms with Crippen LogP contribution >= 0.6 is 28.7 Å². The number of rotatable bonds is 3. The van der Waals surface area contributed by atoms with Crippen molar-refractivity contribution in [2.24, 2.45) is 0 Å².